The fraction of sp³-hybridized carbons (Fsp3) is 0.800. The number of carboxylic acids is 1. The quantitative estimate of drug-likeness (QED) is 0.712. The minimum absolute atomic E-state index is 0.0255. The number of carbonyl (C=O) groups excluding carboxylic acids is 1. The Morgan fingerprint density at radius 2 is 1.96 bits per heavy atom. The molecule has 0 aromatic carbocycles. The molecule has 1 aromatic rings. The van der Waals surface area contributed by atoms with Crippen LogP contribution in [0.1, 0.15) is 52.3 Å². The number of hydrogen-bond acceptors (Lipinski definition) is 5. The van der Waals surface area contributed by atoms with Crippen molar-refractivity contribution in [3.8, 4) is 0 Å². The number of tetrazole rings is 1. The third-order valence-corrected chi connectivity index (χ3v) is 4.28. The Morgan fingerprint density at radius 1 is 1.30 bits per heavy atom. The van der Waals surface area contributed by atoms with Crippen molar-refractivity contribution in [3.05, 3.63) is 5.82 Å². The molecule has 3 unspecified atom stereocenters. The summed E-state index contributed by atoms with van der Waals surface area (Å²) in [5.74, 6) is -1.05. The van der Waals surface area contributed by atoms with E-state index in [1.165, 1.54) is 6.92 Å². The highest BCUT2D eigenvalue weighted by atomic mass is 16.4. The number of aromatic nitrogens is 4. The number of rotatable bonds is 9. The first-order chi connectivity index (χ1) is 10.7. The standard InChI is InChI=1S/C15H27N5O3/c1-9(2)13(15(22)23)12(14-16-18-19-17-14)8-10(3)6-7-20(5)11(4)21/h9-10,12-13H,6-8H2,1-5H3,(H,22,23)(H,16,17,18,19). The molecule has 0 aliphatic rings. The number of carbonyl (C=O) groups is 2. The average Bonchev–Trinajstić information content (AvgIpc) is 2.96. The Hall–Kier alpha value is -1.99. The fourth-order valence-corrected chi connectivity index (χ4v) is 2.78. The maximum absolute atomic E-state index is 11.7. The number of carboxylic acid groups (broad SMARTS) is 1. The molecule has 0 aliphatic heterocycles. The SMILES string of the molecule is CC(=O)N(C)CCC(C)CC(c1nn[nH]n1)C(C(=O)O)C(C)C. The van der Waals surface area contributed by atoms with Crippen molar-refractivity contribution in [3.63, 3.8) is 0 Å². The first-order valence-corrected chi connectivity index (χ1v) is 7.91. The van der Waals surface area contributed by atoms with Crippen LogP contribution in [0.4, 0.5) is 0 Å². The molecule has 8 nitrogen and oxygen atoms in total. The second-order valence-corrected chi connectivity index (χ2v) is 6.55. The highest BCUT2D eigenvalue weighted by Gasteiger charge is 2.35. The predicted octanol–water partition coefficient (Wildman–Crippen LogP) is 1.53. The zero-order valence-electron chi connectivity index (χ0n) is 14.5. The second kappa shape index (κ2) is 8.59. The highest BCUT2D eigenvalue weighted by Crippen LogP contribution is 2.34. The van der Waals surface area contributed by atoms with Crippen molar-refractivity contribution in [2.24, 2.45) is 17.8 Å². The summed E-state index contributed by atoms with van der Waals surface area (Å²) in [4.78, 5) is 24.6. The van der Waals surface area contributed by atoms with E-state index in [2.05, 4.69) is 27.5 Å². The van der Waals surface area contributed by atoms with E-state index in [0.717, 1.165) is 6.42 Å². The van der Waals surface area contributed by atoms with Crippen LogP contribution in [0.15, 0.2) is 0 Å². The normalized spacial score (nSPS) is 15.2. The number of aromatic amines is 1. The minimum atomic E-state index is -0.845. The van der Waals surface area contributed by atoms with Crippen LogP contribution in [0.5, 0.6) is 0 Å². The van der Waals surface area contributed by atoms with E-state index in [1.807, 2.05) is 13.8 Å². The average molecular weight is 325 g/mol. The summed E-state index contributed by atoms with van der Waals surface area (Å²) < 4.78 is 0. The Balaban J connectivity index is 2.81. The molecule has 23 heavy (non-hydrogen) atoms. The lowest BCUT2D eigenvalue weighted by molar-refractivity contribution is -0.144. The molecule has 130 valence electrons. The lowest BCUT2D eigenvalue weighted by Gasteiger charge is -2.27. The van der Waals surface area contributed by atoms with Gasteiger partial charge in [0.25, 0.3) is 0 Å². The Bertz CT molecular complexity index is 503. The molecule has 0 radical (unpaired) electrons. The van der Waals surface area contributed by atoms with Gasteiger partial charge in [0.1, 0.15) is 0 Å². The monoisotopic (exact) mass is 325 g/mol. The van der Waals surface area contributed by atoms with Gasteiger partial charge in [-0.15, -0.1) is 10.2 Å². The smallest absolute Gasteiger partial charge is 0.307 e. The number of amides is 1. The van der Waals surface area contributed by atoms with Gasteiger partial charge in [0.2, 0.25) is 5.91 Å². The van der Waals surface area contributed by atoms with E-state index >= 15 is 0 Å². The van der Waals surface area contributed by atoms with E-state index < -0.39 is 11.9 Å². The molecule has 0 spiro atoms. The van der Waals surface area contributed by atoms with E-state index in [1.54, 1.807) is 11.9 Å². The first kappa shape index (κ1) is 19.1. The molecule has 1 amide bonds. The summed E-state index contributed by atoms with van der Waals surface area (Å²) in [6.45, 7) is 8.02. The van der Waals surface area contributed by atoms with Crippen LogP contribution in [0.3, 0.4) is 0 Å². The number of nitrogens with zero attached hydrogens (tertiary/aromatic N) is 4. The van der Waals surface area contributed by atoms with Crippen LogP contribution in [0.25, 0.3) is 0 Å². The predicted molar refractivity (Wildman–Crippen MR) is 84.6 cm³/mol. The van der Waals surface area contributed by atoms with Gasteiger partial charge in [-0.25, -0.2) is 0 Å². The van der Waals surface area contributed by atoms with Gasteiger partial charge in [0.15, 0.2) is 5.82 Å². The Morgan fingerprint density at radius 3 is 2.39 bits per heavy atom. The third kappa shape index (κ3) is 5.61. The van der Waals surface area contributed by atoms with Gasteiger partial charge < -0.3 is 10.0 Å². The largest absolute Gasteiger partial charge is 0.481 e. The molecular weight excluding hydrogens is 298 g/mol. The van der Waals surface area contributed by atoms with Crippen molar-refractivity contribution in [2.75, 3.05) is 13.6 Å². The number of H-pyrrole nitrogens is 1. The molecule has 0 saturated carbocycles. The van der Waals surface area contributed by atoms with Gasteiger partial charge in [-0.2, -0.15) is 5.21 Å². The van der Waals surface area contributed by atoms with Gasteiger partial charge in [-0.1, -0.05) is 26.0 Å². The molecule has 1 rings (SSSR count). The van der Waals surface area contributed by atoms with Crippen molar-refractivity contribution in [1.29, 1.82) is 0 Å². The van der Waals surface area contributed by atoms with Crippen LogP contribution in [0.2, 0.25) is 0 Å². The molecule has 2 N–H and O–H groups in total. The van der Waals surface area contributed by atoms with E-state index in [-0.39, 0.29) is 23.7 Å². The van der Waals surface area contributed by atoms with Crippen LogP contribution >= 0.6 is 0 Å². The molecule has 0 fully saturated rings. The summed E-state index contributed by atoms with van der Waals surface area (Å²) in [6.07, 6.45) is 1.44. The van der Waals surface area contributed by atoms with Crippen LogP contribution in [0, 0.1) is 17.8 Å². The molecular formula is C15H27N5O3. The molecule has 0 aliphatic carbocycles. The number of hydrogen-bond donors (Lipinski definition) is 2. The summed E-state index contributed by atoms with van der Waals surface area (Å²) in [7, 11) is 1.76. The Labute approximate surface area is 136 Å². The van der Waals surface area contributed by atoms with Gasteiger partial charge in [-0.05, 0) is 24.7 Å². The molecule has 1 aromatic heterocycles. The van der Waals surface area contributed by atoms with Crippen molar-refractivity contribution in [1.82, 2.24) is 25.5 Å². The zero-order chi connectivity index (χ0) is 17.6. The van der Waals surface area contributed by atoms with Crippen molar-refractivity contribution < 1.29 is 14.7 Å². The first-order valence-electron chi connectivity index (χ1n) is 7.91. The summed E-state index contributed by atoms with van der Waals surface area (Å²) in [6, 6.07) is 0. The van der Waals surface area contributed by atoms with Crippen molar-refractivity contribution in [2.45, 2.75) is 46.5 Å². The summed E-state index contributed by atoms with van der Waals surface area (Å²) >= 11 is 0. The second-order valence-electron chi connectivity index (χ2n) is 6.55. The van der Waals surface area contributed by atoms with E-state index in [4.69, 9.17) is 0 Å². The van der Waals surface area contributed by atoms with Gasteiger partial charge >= 0.3 is 5.97 Å². The van der Waals surface area contributed by atoms with Crippen LogP contribution in [-0.4, -0.2) is 56.1 Å². The maximum atomic E-state index is 11.7. The van der Waals surface area contributed by atoms with Crippen molar-refractivity contribution >= 4 is 11.9 Å². The van der Waals surface area contributed by atoms with E-state index in [9.17, 15) is 14.7 Å². The highest BCUT2D eigenvalue weighted by molar-refractivity contribution is 5.72. The molecule has 3 atom stereocenters. The third-order valence-electron chi connectivity index (χ3n) is 4.28. The summed E-state index contributed by atoms with van der Waals surface area (Å²) in [5, 5.41) is 23.6. The van der Waals surface area contributed by atoms with Gasteiger partial charge in [0, 0.05) is 26.4 Å². The van der Waals surface area contributed by atoms with E-state index in [0.29, 0.717) is 18.8 Å². The lowest BCUT2D eigenvalue weighted by atomic mass is 9.77. The van der Waals surface area contributed by atoms with Crippen LogP contribution < -0.4 is 0 Å². The molecule has 8 heteroatoms. The topological polar surface area (TPSA) is 112 Å². The number of aliphatic carboxylic acids is 1. The molecule has 0 saturated heterocycles. The number of nitrogens with one attached hydrogen (secondary N) is 1. The molecule has 0 bridgehead atoms. The Kier molecular flexibility index (Phi) is 7.12. The van der Waals surface area contributed by atoms with Gasteiger partial charge in [-0.3, -0.25) is 9.59 Å². The zero-order valence-corrected chi connectivity index (χ0v) is 14.5. The minimum Gasteiger partial charge on any atom is -0.481 e. The lowest BCUT2D eigenvalue weighted by Crippen LogP contribution is -2.30. The maximum Gasteiger partial charge on any atom is 0.307 e. The summed E-state index contributed by atoms with van der Waals surface area (Å²) in [5.41, 5.74) is 0. The fourth-order valence-electron chi connectivity index (χ4n) is 2.78. The molecule has 1 heterocycles. The van der Waals surface area contributed by atoms with Crippen LogP contribution in [-0.2, 0) is 9.59 Å². The van der Waals surface area contributed by atoms with Gasteiger partial charge in [0.05, 0.1) is 5.92 Å².